The van der Waals surface area contributed by atoms with Crippen LogP contribution in [0.1, 0.15) is 53.9 Å². The second kappa shape index (κ2) is 7.64. The van der Waals surface area contributed by atoms with Crippen molar-refractivity contribution in [2.24, 2.45) is 23.2 Å². The van der Waals surface area contributed by atoms with Gasteiger partial charge in [0.15, 0.2) is 0 Å². The summed E-state index contributed by atoms with van der Waals surface area (Å²) in [6.45, 7) is 16.5. The lowest BCUT2D eigenvalue weighted by atomic mass is 9.84. The highest BCUT2D eigenvalue weighted by Gasteiger charge is 2.34. The van der Waals surface area contributed by atoms with E-state index >= 15 is 0 Å². The van der Waals surface area contributed by atoms with Crippen LogP contribution in [-0.4, -0.2) is 38.1 Å². The van der Waals surface area contributed by atoms with Crippen LogP contribution < -0.4 is 5.32 Å². The first kappa shape index (κ1) is 17.0. The fourth-order valence-electron chi connectivity index (χ4n) is 3.26. The highest BCUT2D eigenvalue weighted by atomic mass is 15.1. The first-order valence-electron chi connectivity index (χ1n) is 8.25. The van der Waals surface area contributed by atoms with Crippen molar-refractivity contribution in [1.29, 1.82) is 0 Å². The van der Waals surface area contributed by atoms with Gasteiger partial charge in [0.05, 0.1) is 0 Å². The molecule has 1 N–H and O–H groups in total. The van der Waals surface area contributed by atoms with Crippen molar-refractivity contribution >= 4 is 0 Å². The molecule has 0 radical (unpaired) electrons. The Hall–Kier alpha value is -0.0800. The Kier molecular flexibility index (Phi) is 6.82. The lowest BCUT2D eigenvalue weighted by Crippen LogP contribution is -2.42. The summed E-state index contributed by atoms with van der Waals surface area (Å²) in [5, 5.41) is 3.67. The first-order chi connectivity index (χ1) is 8.86. The van der Waals surface area contributed by atoms with E-state index < -0.39 is 0 Å². The van der Waals surface area contributed by atoms with Crippen molar-refractivity contribution in [2.45, 2.75) is 53.9 Å². The van der Waals surface area contributed by atoms with E-state index in [4.69, 9.17) is 0 Å². The molecule has 0 saturated heterocycles. The predicted octanol–water partition coefficient (Wildman–Crippen LogP) is 3.63. The van der Waals surface area contributed by atoms with Crippen LogP contribution in [-0.2, 0) is 0 Å². The van der Waals surface area contributed by atoms with E-state index in [1.165, 1.54) is 32.4 Å². The van der Waals surface area contributed by atoms with E-state index in [0.29, 0.717) is 5.41 Å². The largest absolute Gasteiger partial charge is 0.316 e. The van der Waals surface area contributed by atoms with E-state index in [1.807, 2.05) is 0 Å². The second-order valence-electron chi connectivity index (χ2n) is 7.76. The van der Waals surface area contributed by atoms with Crippen molar-refractivity contribution < 1.29 is 0 Å². The summed E-state index contributed by atoms with van der Waals surface area (Å²) in [5.41, 5.74) is 0.427. The molecule has 1 saturated carbocycles. The van der Waals surface area contributed by atoms with Crippen LogP contribution in [0.15, 0.2) is 0 Å². The van der Waals surface area contributed by atoms with Crippen molar-refractivity contribution in [3.63, 3.8) is 0 Å². The number of nitrogens with one attached hydrogen (secondary N) is 1. The molecule has 0 amide bonds. The quantitative estimate of drug-likeness (QED) is 0.651. The van der Waals surface area contributed by atoms with Crippen LogP contribution in [0.5, 0.6) is 0 Å². The molecule has 0 bridgehead atoms. The van der Waals surface area contributed by atoms with Gasteiger partial charge < -0.3 is 10.2 Å². The summed E-state index contributed by atoms with van der Waals surface area (Å²) in [4.78, 5) is 2.57. The van der Waals surface area contributed by atoms with E-state index in [-0.39, 0.29) is 0 Å². The number of hydrogen-bond acceptors (Lipinski definition) is 2. The predicted molar refractivity (Wildman–Crippen MR) is 85.5 cm³/mol. The first-order valence-corrected chi connectivity index (χ1v) is 8.25. The molecule has 0 aromatic rings. The van der Waals surface area contributed by atoms with Crippen molar-refractivity contribution in [2.75, 3.05) is 33.2 Å². The number of hydrogen-bond donors (Lipinski definition) is 1. The summed E-state index contributed by atoms with van der Waals surface area (Å²) in [7, 11) is 2.31. The molecule has 0 spiro atoms. The molecule has 0 aromatic heterocycles. The van der Waals surface area contributed by atoms with E-state index in [2.05, 4.69) is 51.9 Å². The third-order valence-electron chi connectivity index (χ3n) is 4.43. The zero-order valence-corrected chi connectivity index (χ0v) is 14.1. The van der Waals surface area contributed by atoms with E-state index in [0.717, 1.165) is 30.8 Å². The van der Waals surface area contributed by atoms with Gasteiger partial charge in [-0.1, -0.05) is 41.0 Å². The van der Waals surface area contributed by atoms with Crippen molar-refractivity contribution in [3.8, 4) is 0 Å². The molecular formula is C17H36N2. The molecule has 2 nitrogen and oxygen atoms in total. The average Bonchev–Trinajstić information content (AvgIpc) is 2.92. The molecule has 0 heterocycles. The summed E-state index contributed by atoms with van der Waals surface area (Å²) in [6, 6.07) is 0. The van der Waals surface area contributed by atoms with Gasteiger partial charge in [-0.05, 0) is 49.6 Å². The fourth-order valence-corrected chi connectivity index (χ4v) is 3.26. The van der Waals surface area contributed by atoms with Gasteiger partial charge in [-0.2, -0.15) is 0 Å². The van der Waals surface area contributed by atoms with Gasteiger partial charge in [0.2, 0.25) is 0 Å². The minimum absolute atomic E-state index is 0.427. The maximum atomic E-state index is 3.67. The maximum absolute atomic E-state index is 3.67. The molecule has 1 aliphatic carbocycles. The third-order valence-corrected chi connectivity index (χ3v) is 4.43. The summed E-state index contributed by atoms with van der Waals surface area (Å²) < 4.78 is 0. The molecule has 0 aromatic carbocycles. The van der Waals surface area contributed by atoms with Crippen LogP contribution in [0.25, 0.3) is 0 Å². The van der Waals surface area contributed by atoms with Crippen LogP contribution in [0.4, 0.5) is 0 Å². The van der Waals surface area contributed by atoms with Crippen LogP contribution >= 0.6 is 0 Å². The molecule has 1 rings (SSSR count). The van der Waals surface area contributed by atoms with Crippen LogP contribution in [0.2, 0.25) is 0 Å². The second-order valence-corrected chi connectivity index (χ2v) is 7.76. The zero-order valence-electron chi connectivity index (χ0n) is 14.1. The Labute approximate surface area is 121 Å². The normalized spacial score (nSPS) is 25.9. The van der Waals surface area contributed by atoms with E-state index in [9.17, 15) is 0 Å². The summed E-state index contributed by atoms with van der Waals surface area (Å²) in [6.07, 6.45) is 4.05. The Morgan fingerprint density at radius 1 is 1.37 bits per heavy atom. The van der Waals surface area contributed by atoms with E-state index in [1.54, 1.807) is 0 Å². The van der Waals surface area contributed by atoms with Gasteiger partial charge in [0.1, 0.15) is 0 Å². The smallest absolute Gasteiger partial charge is 0.00445 e. The Morgan fingerprint density at radius 3 is 2.47 bits per heavy atom. The van der Waals surface area contributed by atoms with Gasteiger partial charge in [0, 0.05) is 19.6 Å². The Morgan fingerprint density at radius 2 is 2.00 bits per heavy atom. The minimum Gasteiger partial charge on any atom is -0.316 e. The lowest BCUT2D eigenvalue weighted by molar-refractivity contribution is 0.166. The fraction of sp³-hybridized carbons (Fsp3) is 1.00. The highest BCUT2D eigenvalue weighted by molar-refractivity contribution is 4.87. The van der Waals surface area contributed by atoms with Gasteiger partial charge in [0.25, 0.3) is 0 Å². The average molecular weight is 268 g/mol. The SMILES string of the molecule is CCCC(C)(CNCC(C)C)CN(C)CC1CC1C. The van der Waals surface area contributed by atoms with Crippen molar-refractivity contribution in [3.05, 3.63) is 0 Å². The number of nitrogens with zero attached hydrogens (tertiary/aromatic N) is 1. The zero-order chi connectivity index (χ0) is 14.5. The molecule has 3 unspecified atom stereocenters. The van der Waals surface area contributed by atoms with Gasteiger partial charge in [-0.15, -0.1) is 0 Å². The van der Waals surface area contributed by atoms with Gasteiger partial charge in [-0.3, -0.25) is 0 Å². The molecule has 3 atom stereocenters. The van der Waals surface area contributed by atoms with Crippen LogP contribution in [0.3, 0.4) is 0 Å². The molecule has 1 aliphatic rings. The molecule has 19 heavy (non-hydrogen) atoms. The lowest BCUT2D eigenvalue weighted by Gasteiger charge is -2.34. The van der Waals surface area contributed by atoms with Gasteiger partial charge in [-0.25, -0.2) is 0 Å². The highest BCUT2D eigenvalue weighted by Crippen LogP contribution is 2.38. The molecular weight excluding hydrogens is 232 g/mol. The standard InChI is InChI=1S/C17H36N2/c1-7-8-17(5,12-18-10-14(2)3)13-19(6)11-16-9-15(16)4/h14-16,18H,7-13H2,1-6H3. The Bertz CT molecular complexity index is 252. The number of rotatable bonds is 10. The third kappa shape index (κ3) is 6.76. The monoisotopic (exact) mass is 268 g/mol. The molecule has 0 aliphatic heterocycles. The summed E-state index contributed by atoms with van der Waals surface area (Å²) in [5.74, 6) is 2.69. The molecule has 2 heteroatoms. The maximum Gasteiger partial charge on any atom is 0.00445 e. The summed E-state index contributed by atoms with van der Waals surface area (Å²) >= 11 is 0. The van der Waals surface area contributed by atoms with Crippen molar-refractivity contribution in [1.82, 2.24) is 10.2 Å². The Balaban J connectivity index is 2.35. The minimum atomic E-state index is 0.427. The van der Waals surface area contributed by atoms with Gasteiger partial charge >= 0.3 is 0 Å². The molecule has 114 valence electrons. The molecule has 1 fully saturated rings. The topological polar surface area (TPSA) is 15.3 Å². The van der Waals surface area contributed by atoms with Crippen LogP contribution in [0, 0.1) is 23.2 Å².